The molecule has 1 rings (SSSR count). The van der Waals surface area contributed by atoms with Gasteiger partial charge in [-0.3, -0.25) is 0 Å². The average molecular weight is 130 g/mol. The van der Waals surface area contributed by atoms with E-state index < -0.39 is 6.17 Å². The highest BCUT2D eigenvalue weighted by Gasteiger charge is 2.31. The van der Waals surface area contributed by atoms with E-state index in [1.165, 1.54) is 6.42 Å². The number of alkyl halides is 1. The summed E-state index contributed by atoms with van der Waals surface area (Å²) in [5.74, 6) is 0. The Morgan fingerprint density at radius 2 is 2.00 bits per heavy atom. The minimum atomic E-state index is -0.550. The molecule has 1 unspecified atom stereocenters. The van der Waals surface area contributed by atoms with Gasteiger partial charge < -0.3 is 0 Å². The summed E-state index contributed by atoms with van der Waals surface area (Å²) in [7, 11) is 0. The summed E-state index contributed by atoms with van der Waals surface area (Å²) in [5, 5.41) is 0. The van der Waals surface area contributed by atoms with Crippen LogP contribution < -0.4 is 0 Å². The van der Waals surface area contributed by atoms with Crippen molar-refractivity contribution >= 4 is 0 Å². The highest BCUT2D eigenvalue weighted by Crippen LogP contribution is 2.37. The summed E-state index contributed by atoms with van der Waals surface area (Å²) in [6, 6.07) is 0. The SMILES string of the molecule is CC1(C)CCCCC1F. The van der Waals surface area contributed by atoms with Crippen molar-refractivity contribution in [3.8, 4) is 0 Å². The second kappa shape index (κ2) is 2.28. The molecule has 1 atom stereocenters. The van der Waals surface area contributed by atoms with Gasteiger partial charge in [0.1, 0.15) is 6.17 Å². The van der Waals surface area contributed by atoms with Gasteiger partial charge in [-0.15, -0.1) is 0 Å². The van der Waals surface area contributed by atoms with E-state index in [-0.39, 0.29) is 5.41 Å². The molecule has 1 heteroatoms. The molecule has 0 aromatic heterocycles. The number of hydrogen-bond donors (Lipinski definition) is 0. The van der Waals surface area contributed by atoms with E-state index in [0.717, 1.165) is 19.3 Å². The van der Waals surface area contributed by atoms with E-state index in [1.54, 1.807) is 0 Å². The normalized spacial score (nSPS) is 34.3. The van der Waals surface area contributed by atoms with Crippen LogP contribution in [0.2, 0.25) is 0 Å². The van der Waals surface area contributed by atoms with E-state index in [1.807, 2.05) is 13.8 Å². The predicted molar refractivity (Wildman–Crippen MR) is 37.1 cm³/mol. The topological polar surface area (TPSA) is 0 Å². The molecule has 0 nitrogen and oxygen atoms in total. The monoisotopic (exact) mass is 130 g/mol. The van der Waals surface area contributed by atoms with Crippen LogP contribution in [0.15, 0.2) is 0 Å². The molecule has 0 spiro atoms. The lowest BCUT2D eigenvalue weighted by Crippen LogP contribution is -2.28. The standard InChI is InChI=1S/C8H15F/c1-8(2)6-4-3-5-7(8)9/h7H,3-6H2,1-2H3. The van der Waals surface area contributed by atoms with E-state index in [4.69, 9.17) is 0 Å². The Kier molecular flexibility index (Phi) is 1.78. The van der Waals surface area contributed by atoms with Crippen LogP contribution in [0.5, 0.6) is 0 Å². The van der Waals surface area contributed by atoms with Crippen molar-refractivity contribution < 1.29 is 4.39 Å². The highest BCUT2D eigenvalue weighted by atomic mass is 19.1. The Morgan fingerprint density at radius 1 is 1.33 bits per heavy atom. The van der Waals surface area contributed by atoms with Gasteiger partial charge in [-0.25, -0.2) is 4.39 Å². The smallest absolute Gasteiger partial charge is 0.105 e. The number of rotatable bonds is 0. The number of halogens is 1. The minimum absolute atomic E-state index is 0.0295. The van der Waals surface area contributed by atoms with Crippen molar-refractivity contribution in [2.75, 3.05) is 0 Å². The maximum atomic E-state index is 13.0. The molecule has 1 aliphatic rings. The molecule has 0 aromatic rings. The van der Waals surface area contributed by atoms with Crippen LogP contribution in [-0.2, 0) is 0 Å². The molecule has 0 aromatic carbocycles. The Bertz CT molecular complexity index is 96.7. The lowest BCUT2D eigenvalue weighted by Gasteiger charge is -2.32. The molecule has 0 radical (unpaired) electrons. The zero-order valence-corrected chi connectivity index (χ0v) is 6.28. The minimum Gasteiger partial charge on any atom is -0.247 e. The van der Waals surface area contributed by atoms with Gasteiger partial charge in [0.25, 0.3) is 0 Å². The van der Waals surface area contributed by atoms with Gasteiger partial charge in [0.2, 0.25) is 0 Å². The molecule has 54 valence electrons. The summed E-state index contributed by atoms with van der Waals surface area (Å²) >= 11 is 0. The first-order valence-electron chi connectivity index (χ1n) is 3.77. The van der Waals surface area contributed by atoms with Gasteiger partial charge in [0, 0.05) is 0 Å². The lowest BCUT2D eigenvalue weighted by atomic mass is 9.76. The molecule has 1 aliphatic carbocycles. The van der Waals surface area contributed by atoms with E-state index in [9.17, 15) is 4.39 Å². The van der Waals surface area contributed by atoms with Crippen molar-refractivity contribution in [1.29, 1.82) is 0 Å². The summed E-state index contributed by atoms with van der Waals surface area (Å²) in [6.45, 7) is 4.05. The van der Waals surface area contributed by atoms with Crippen LogP contribution in [-0.4, -0.2) is 6.17 Å². The van der Waals surface area contributed by atoms with Crippen LogP contribution in [0.3, 0.4) is 0 Å². The third-order valence-electron chi connectivity index (χ3n) is 2.38. The largest absolute Gasteiger partial charge is 0.247 e. The Labute approximate surface area is 56.5 Å². The van der Waals surface area contributed by atoms with E-state index >= 15 is 0 Å². The third kappa shape index (κ3) is 1.44. The third-order valence-corrected chi connectivity index (χ3v) is 2.38. The number of hydrogen-bond acceptors (Lipinski definition) is 0. The first-order valence-corrected chi connectivity index (χ1v) is 3.77. The van der Waals surface area contributed by atoms with Gasteiger partial charge in [0.15, 0.2) is 0 Å². The summed E-state index contributed by atoms with van der Waals surface area (Å²) in [5.41, 5.74) is -0.0295. The van der Waals surface area contributed by atoms with Crippen molar-refractivity contribution in [3.05, 3.63) is 0 Å². The molecule has 9 heavy (non-hydrogen) atoms. The van der Waals surface area contributed by atoms with Crippen LogP contribution in [0, 0.1) is 5.41 Å². The van der Waals surface area contributed by atoms with Crippen LogP contribution >= 0.6 is 0 Å². The van der Waals surface area contributed by atoms with Crippen LogP contribution in [0.4, 0.5) is 4.39 Å². The lowest BCUT2D eigenvalue weighted by molar-refractivity contribution is 0.0900. The zero-order valence-electron chi connectivity index (χ0n) is 6.28. The second-order valence-corrected chi connectivity index (χ2v) is 3.70. The van der Waals surface area contributed by atoms with Crippen LogP contribution in [0.1, 0.15) is 39.5 Å². The second-order valence-electron chi connectivity index (χ2n) is 3.70. The molecule has 0 heterocycles. The van der Waals surface area contributed by atoms with Crippen molar-refractivity contribution in [3.63, 3.8) is 0 Å². The van der Waals surface area contributed by atoms with Gasteiger partial charge in [0.05, 0.1) is 0 Å². The van der Waals surface area contributed by atoms with E-state index in [0.29, 0.717) is 0 Å². The predicted octanol–water partition coefficient (Wildman–Crippen LogP) is 2.92. The fourth-order valence-corrected chi connectivity index (χ4v) is 1.45. The molecule has 0 bridgehead atoms. The Morgan fingerprint density at radius 3 is 2.33 bits per heavy atom. The average Bonchev–Trinajstić information content (AvgIpc) is 1.77. The summed E-state index contributed by atoms with van der Waals surface area (Å²) in [6.07, 6.45) is 3.60. The first-order chi connectivity index (χ1) is 4.13. The first kappa shape index (κ1) is 7.04. The van der Waals surface area contributed by atoms with Crippen molar-refractivity contribution in [2.24, 2.45) is 5.41 Å². The van der Waals surface area contributed by atoms with Gasteiger partial charge in [-0.2, -0.15) is 0 Å². The fraction of sp³-hybridized carbons (Fsp3) is 1.00. The van der Waals surface area contributed by atoms with Crippen molar-refractivity contribution in [1.82, 2.24) is 0 Å². The molecule has 0 amide bonds. The molecule has 1 saturated carbocycles. The molecule has 0 N–H and O–H groups in total. The highest BCUT2D eigenvalue weighted by molar-refractivity contribution is 4.81. The maximum Gasteiger partial charge on any atom is 0.105 e. The molecule has 0 aliphatic heterocycles. The van der Waals surface area contributed by atoms with Gasteiger partial charge in [-0.1, -0.05) is 26.7 Å². The van der Waals surface area contributed by atoms with Crippen molar-refractivity contribution in [2.45, 2.75) is 45.7 Å². The zero-order chi connectivity index (χ0) is 6.91. The fourth-order valence-electron chi connectivity index (χ4n) is 1.45. The summed E-state index contributed by atoms with van der Waals surface area (Å²) < 4.78 is 13.0. The Balaban J connectivity index is 2.49. The Hall–Kier alpha value is -0.0700. The molecule has 0 saturated heterocycles. The molecular weight excluding hydrogens is 115 g/mol. The van der Waals surface area contributed by atoms with Crippen LogP contribution in [0.25, 0.3) is 0 Å². The quantitative estimate of drug-likeness (QED) is 0.473. The van der Waals surface area contributed by atoms with Gasteiger partial charge in [-0.05, 0) is 18.3 Å². The molecule has 1 fully saturated rings. The molecular formula is C8H15F. The maximum absolute atomic E-state index is 13.0. The van der Waals surface area contributed by atoms with E-state index in [2.05, 4.69) is 0 Å². The summed E-state index contributed by atoms with van der Waals surface area (Å²) in [4.78, 5) is 0. The van der Waals surface area contributed by atoms with Gasteiger partial charge >= 0.3 is 0 Å².